The maximum Gasteiger partial charge on any atom is 0.272 e. The molecule has 18 heavy (non-hydrogen) atoms. The highest BCUT2D eigenvalue weighted by atomic mass is 16.1. The van der Waals surface area contributed by atoms with Gasteiger partial charge in [0, 0.05) is 12.2 Å². The molecule has 0 radical (unpaired) electrons. The maximum absolute atomic E-state index is 12.1. The molecular formula is C14H21N3O. The number of pyridine rings is 1. The van der Waals surface area contributed by atoms with E-state index in [-0.39, 0.29) is 11.9 Å². The van der Waals surface area contributed by atoms with E-state index in [2.05, 4.69) is 10.3 Å². The first kappa shape index (κ1) is 12.9. The molecule has 1 aromatic rings. The molecule has 1 fully saturated rings. The van der Waals surface area contributed by atoms with Crippen LogP contribution in [0.4, 0.5) is 5.69 Å². The Labute approximate surface area is 108 Å². The summed E-state index contributed by atoms with van der Waals surface area (Å²) in [6, 6.07) is 3.72. The second kappa shape index (κ2) is 6.38. The van der Waals surface area contributed by atoms with Crippen molar-refractivity contribution in [3.8, 4) is 0 Å². The average Bonchev–Trinajstić information content (AvgIpc) is 2.33. The molecule has 4 heteroatoms. The minimum absolute atomic E-state index is 0.140. The van der Waals surface area contributed by atoms with Crippen molar-refractivity contribution in [3.63, 3.8) is 0 Å². The van der Waals surface area contributed by atoms with Gasteiger partial charge in [-0.25, -0.2) is 4.98 Å². The van der Waals surface area contributed by atoms with Gasteiger partial charge in [0.15, 0.2) is 5.69 Å². The summed E-state index contributed by atoms with van der Waals surface area (Å²) >= 11 is 0. The van der Waals surface area contributed by atoms with Gasteiger partial charge in [-0.15, -0.1) is 0 Å². The van der Waals surface area contributed by atoms with Gasteiger partial charge in [-0.3, -0.25) is 4.79 Å². The highest BCUT2D eigenvalue weighted by molar-refractivity contribution is 5.97. The summed E-state index contributed by atoms with van der Waals surface area (Å²) in [5.74, 6) is -0.140. The number of nitrogen functional groups attached to an aromatic ring is 1. The Balaban J connectivity index is 1.95. The molecule has 4 nitrogen and oxygen atoms in total. The largest absolute Gasteiger partial charge is 0.397 e. The number of hydrogen-bond acceptors (Lipinski definition) is 3. The Bertz CT molecular complexity index is 398. The van der Waals surface area contributed by atoms with E-state index in [4.69, 9.17) is 5.73 Å². The first-order valence-corrected chi connectivity index (χ1v) is 6.79. The van der Waals surface area contributed by atoms with E-state index < -0.39 is 0 Å². The number of carbonyl (C=O) groups excluding carboxylic acids is 1. The smallest absolute Gasteiger partial charge is 0.272 e. The van der Waals surface area contributed by atoms with Crippen molar-refractivity contribution in [2.24, 2.45) is 0 Å². The van der Waals surface area contributed by atoms with Crippen LogP contribution < -0.4 is 11.1 Å². The Morgan fingerprint density at radius 2 is 1.89 bits per heavy atom. The molecule has 1 saturated carbocycles. The number of rotatable bonds is 2. The lowest BCUT2D eigenvalue weighted by molar-refractivity contribution is 0.0926. The molecule has 1 aliphatic rings. The number of nitrogens with one attached hydrogen (secondary N) is 1. The van der Waals surface area contributed by atoms with Crippen molar-refractivity contribution in [1.29, 1.82) is 0 Å². The van der Waals surface area contributed by atoms with Crippen molar-refractivity contribution in [2.75, 3.05) is 5.73 Å². The highest BCUT2D eigenvalue weighted by Crippen LogP contribution is 2.17. The molecule has 0 atom stereocenters. The van der Waals surface area contributed by atoms with Gasteiger partial charge < -0.3 is 11.1 Å². The minimum Gasteiger partial charge on any atom is -0.397 e. The van der Waals surface area contributed by atoms with Crippen LogP contribution in [0.15, 0.2) is 18.3 Å². The molecule has 1 aromatic heterocycles. The van der Waals surface area contributed by atoms with Gasteiger partial charge in [-0.2, -0.15) is 0 Å². The SMILES string of the molecule is Nc1cccnc1C(=O)NC1CCCCCCC1. The van der Waals surface area contributed by atoms with E-state index >= 15 is 0 Å². The third-order valence-electron chi connectivity index (χ3n) is 3.49. The van der Waals surface area contributed by atoms with Crippen LogP contribution in [0.1, 0.15) is 55.4 Å². The molecule has 0 unspecified atom stereocenters. The Morgan fingerprint density at radius 3 is 2.56 bits per heavy atom. The number of nitrogens with two attached hydrogens (primary N) is 1. The molecule has 1 aliphatic carbocycles. The van der Waals surface area contributed by atoms with Crippen LogP contribution >= 0.6 is 0 Å². The Hall–Kier alpha value is -1.58. The zero-order chi connectivity index (χ0) is 12.8. The third kappa shape index (κ3) is 3.45. The summed E-state index contributed by atoms with van der Waals surface area (Å²) < 4.78 is 0. The minimum atomic E-state index is -0.140. The van der Waals surface area contributed by atoms with Gasteiger partial charge in [-0.1, -0.05) is 32.1 Å². The summed E-state index contributed by atoms with van der Waals surface area (Å²) in [5.41, 5.74) is 6.55. The van der Waals surface area contributed by atoms with E-state index in [0.717, 1.165) is 12.8 Å². The Kier molecular flexibility index (Phi) is 4.56. The molecule has 0 saturated heterocycles. The summed E-state index contributed by atoms with van der Waals surface area (Å²) in [4.78, 5) is 16.1. The van der Waals surface area contributed by atoms with Crippen molar-refractivity contribution < 1.29 is 4.79 Å². The monoisotopic (exact) mass is 247 g/mol. The summed E-state index contributed by atoms with van der Waals surface area (Å²) in [5, 5.41) is 3.06. The fourth-order valence-electron chi connectivity index (χ4n) is 2.46. The normalized spacial score (nSPS) is 17.8. The van der Waals surface area contributed by atoms with Crippen molar-refractivity contribution in [3.05, 3.63) is 24.0 Å². The molecule has 98 valence electrons. The van der Waals surface area contributed by atoms with Crippen LogP contribution in [0.2, 0.25) is 0 Å². The van der Waals surface area contributed by atoms with Crippen LogP contribution in [0, 0.1) is 0 Å². The van der Waals surface area contributed by atoms with Crippen LogP contribution in [-0.4, -0.2) is 16.9 Å². The molecular weight excluding hydrogens is 226 g/mol. The predicted octanol–water partition coefficient (Wildman–Crippen LogP) is 2.51. The van der Waals surface area contributed by atoms with E-state index in [1.54, 1.807) is 18.3 Å². The van der Waals surface area contributed by atoms with Crippen molar-refractivity contribution in [1.82, 2.24) is 10.3 Å². The quantitative estimate of drug-likeness (QED) is 0.843. The maximum atomic E-state index is 12.1. The van der Waals surface area contributed by atoms with Crippen LogP contribution in [0.25, 0.3) is 0 Å². The van der Waals surface area contributed by atoms with E-state index in [9.17, 15) is 4.79 Å². The lowest BCUT2D eigenvalue weighted by Crippen LogP contribution is -2.36. The fourth-order valence-corrected chi connectivity index (χ4v) is 2.46. The van der Waals surface area contributed by atoms with Gasteiger partial charge in [0.25, 0.3) is 5.91 Å². The molecule has 2 rings (SSSR count). The Morgan fingerprint density at radius 1 is 1.22 bits per heavy atom. The number of carbonyl (C=O) groups is 1. The van der Waals surface area contributed by atoms with Crippen LogP contribution in [-0.2, 0) is 0 Å². The number of nitrogens with zero attached hydrogens (tertiary/aromatic N) is 1. The summed E-state index contributed by atoms with van der Waals surface area (Å²) in [6.07, 6.45) is 10.0. The molecule has 0 spiro atoms. The second-order valence-electron chi connectivity index (χ2n) is 4.96. The number of amides is 1. The van der Waals surface area contributed by atoms with E-state index in [0.29, 0.717) is 11.4 Å². The zero-order valence-electron chi connectivity index (χ0n) is 10.7. The van der Waals surface area contributed by atoms with Crippen molar-refractivity contribution in [2.45, 2.75) is 51.0 Å². The zero-order valence-corrected chi connectivity index (χ0v) is 10.7. The van der Waals surface area contributed by atoms with Gasteiger partial charge in [0.2, 0.25) is 0 Å². The van der Waals surface area contributed by atoms with E-state index in [1.165, 1.54) is 32.1 Å². The van der Waals surface area contributed by atoms with Crippen molar-refractivity contribution >= 4 is 11.6 Å². The summed E-state index contributed by atoms with van der Waals surface area (Å²) in [6.45, 7) is 0. The lowest BCUT2D eigenvalue weighted by atomic mass is 9.96. The number of aromatic nitrogens is 1. The molecule has 1 amide bonds. The standard InChI is InChI=1S/C14H21N3O/c15-12-9-6-10-16-13(12)14(18)17-11-7-4-2-1-3-5-8-11/h6,9-11H,1-5,7-8,15H2,(H,17,18). The lowest BCUT2D eigenvalue weighted by Gasteiger charge is -2.21. The van der Waals surface area contributed by atoms with Gasteiger partial charge in [0.05, 0.1) is 5.69 Å². The fraction of sp³-hybridized carbons (Fsp3) is 0.571. The first-order valence-electron chi connectivity index (χ1n) is 6.79. The summed E-state index contributed by atoms with van der Waals surface area (Å²) in [7, 11) is 0. The highest BCUT2D eigenvalue weighted by Gasteiger charge is 2.17. The molecule has 0 aliphatic heterocycles. The van der Waals surface area contributed by atoms with E-state index in [1.807, 2.05) is 0 Å². The predicted molar refractivity (Wildman–Crippen MR) is 72.2 cm³/mol. The van der Waals surface area contributed by atoms with Crippen LogP contribution in [0.3, 0.4) is 0 Å². The topological polar surface area (TPSA) is 68.0 Å². The first-order chi connectivity index (χ1) is 8.77. The molecule has 3 N–H and O–H groups in total. The average molecular weight is 247 g/mol. The molecule has 0 aromatic carbocycles. The number of hydrogen-bond donors (Lipinski definition) is 2. The van der Waals surface area contributed by atoms with Gasteiger partial charge >= 0.3 is 0 Å². The van der Waals surface area contributed by atoms with Gasteiger partial charge in [0.1, 0.15) is 0 Å². The van der Waals surface area contributed by atoms with Gasteiger partial charge in [-0.05, 0) is 25.0 Å². The van der Waals surface area contributed by atoms with Crippen LogP contribution in [0.5, 0.6) is 0 Å². The molecule has 0 bridgehead atoms. The third-order valence-corrected chi connectivity index (χ3v) is 3.49. The number of anilines is 1. The second-order valence-corrected chi connectivity index (χ2v) is 4.96. The molecule has 1 heterocycles.